The minimum atomic E-state index is 0.495. The lowest BCUT2D eigenvalue weighted by molar-refractivity contribution is 0.727. The van der Waals surface area contributed by atoms with Gasteiger partial charge in [-0.05, 0) is 12.1 Å². The fourth-order valence-electron chi connectivity index (χ4n) is 2.72. The maximum absolute atomic E-state index is 5.97. The summed E-state index contributed by atoms with van der Waals surface area (Å²) in [5, 5.41) is 11.4. The number of hydrogen-bond acceptors (Lipinski definition) is 5. The highest BCUT2D eigenvalue weighted by molar-refractivity contribution is 5.95. The number of fused-ring (bicyclic) bond motifs is 1. The minimum Gasteiger partial charge on any atom is -0.384 e. The van der Waals surface area contributed by atoms with E-state index in [4.69, 9.17) is 5.73 Å². The Kier molecular flexibility index (Phi) is 3.59. The van der Waals surface area contributed by atoms with Crippen LogP contribution in [-0.4, -0.2) is 31.3 Å². The van der Waals surface area contributed by atoms with E-state index in [1.165, 1.54) is 0 Å². The van der Waals surface area contributed by atoms with Crippen LogP contribution in [0.4, 0.5) is 11.5 Å². The van der Waals surface area contributed by atoms with Crippen molar-refractivity contribution < 1.29 is 0 Å². The van der Waals surface area contributed by atoms with Gasteiger partial charge in [0.1, 0.15) is 5.82 Å². The zero-order valence-electron chi connectivity index (χ0n) is 13.0. The summed E-state index contributed by atoms with van der Waals surface area (Å²) >= 11 is 0. The van der Waals surface area contributed by atoms with Crippen LogP contribution in [0.5, 0.6) is 0 Å². The van der Waals surface area contributed by atoms with E-state index in [0.29, 0.717) is 5.82 Å². The summed E-state index contributed by atoms with van der Waals surface area (Å²) in [7, 11) is 0. The largest absolute Gasteiger partial charge is 0.384 e. The van der Waals surface area contributed by atoms with E-state index < -0.39 is 0 Å². The SMILES string of the molecule is Nc1cc(NCCn2ccnc2)c2ccc(-c3ccn[nH]3)cc2n1. The third kappa shape index (κ3) is 2.79. The molecule has 4 N–H and O–H groups in total. The molecule has 0 bridgehead atoms. The molecule has 0 unspecified atom stereocenters. The van der Waals surface area contributed by atoms with E-state index >= 15 is 0 Å². The lowest BCUT2D eigenvalue weighted by Crippen LogP contribution is -2.10. The van der Waals surface area contributed by atoms with Crippen LogP contribution in [0.15, 0.2) is 55.2 Å². The second kappa shape index (κ2) is 6.04. The molecule has 4 aromatic rings. The van der Waals surface area contributed by atoms with Crippen molar-refractivity contribution in [1.82, 2.24) is 24.7 Å². The number of aromatic amines is 1. The molecule has 4 rings (SSSR count). The highest BCUT2D eigenvalue weighted by Gasteiger charge is 2.07. The van der Waals surface area contributed by atoms with Crippen LogP contribution in [0, 0.1) is 0 Å². The molecule has 3 heterocycles. The first-order valence-corrected chi connectivity index (χ1v) is 7.69. The summed E-state index contributed by atoms with van der Waals surface area (Å²) in [4.78, 5) is 8.50. The topological polar surface area (TPSA) is 97.4 Å². The number of nitrogen functional groups attached to an aromatic ring is 1. The van der Waals surface area contributed by atoms with E-state index in [2.05, 4.69) is 37.6 Å². The van der Waals surface area contributed by atoms with Gasteiger partial charge in [-0.3, -0.25) is 5.10 Å². The molecule has 1 aromatic carbocycles. The molecule has 0 amide bonds. The molecule has 0 saturated carbocycles. The maximum atomic E-state index is 5.97. The standard InChI is InChI=1S/C17H17N7/c18-17-10-15(20-6-8-24-7-5-19-11-24)13-2-1-12(9-16(13)22-17)14-3-4-21-23-14/h1-5,7,9-11H,6,8H2,(H,21,23)(H3,18,20,22). The monoisotopic (exact) mass is 319 g/mol. The van der Waals surface area contributed by atoms with Gasteiger partial charge in [0.25, 0.3) is 0 Å². The van der Waals surface area contributed by atoms with Gasteiger partial charge in [-0.25, -0.2) is 9.97 Å². The number of nitrogens with one attached hydrogen (secondary N) is 2. The first kappa shape index (κ1) is 14.3. The van der Waals surface area contributed by atoms with Crippen molar-refractivity contribution in [2.75, 3.05) is 17.6 Å². The van der Waals surface area contributed by atoms with Crippen molar-refractivity contribution in [3.8, 4) is 11.3 Å². The second-order valence-corrected chi connectivity index (χ2v) is 5.52. The van der Waals surface area contributed by atoms with Crippen molar-refractivity contribution >= 4 is 22.4 Å². The molecule has 7 nitrogen and oxygen atoms in total. The predicted octanol–water partition coefficient (Wildman–Crippen LogP) is 2.52. The Morgan fingerprint density at radius 1 is 1.17 bits per heavy atom. The number of nitrogens with zero attached hydrogens (tertiary/aromatic N) is 4. The Hall–Kier alpha value is -3.35. The Labute approximate surface area is 138 Å². The molecule has 24 heavy (non-hydrogen) atoms. The third-order valence-corrected chi connectivity index (χ3v) is 3.89. The molecule has 7 heteroatoms. The highest BCUT2D eigenvalue weighted by Crippen LogP contribution is 2.28. The van der Waals surface area contributed by atoms with Gasteiger partial charge >= 0.3 is 0 Å². The Morgan fingerprint density at radius 3 is 2.92 bits per heavy atom. The molecule has 0 fully saturated rings. The minimum absolute atomic E-state index is 0.495. The molecule has 0 saturated heterocycles. The Balaban J connectivity index is 1.62. The number of imidazole rings is 1. The number of anilines is 2. The third-order valence-electron chi connectivity index (χ3n) is 3.89. The van der Waals surface area contributed by atoms with Gasteiger partial charge in [-0.15, -0.1) is 0 Å². The number of benzene rings is 1. The summed E-state index contributed by atoms with van der Waals surface area (Å²) in [5.74, 6) is 0.495. The summed E-state index contributed by atoms with van der Waals surface area (Å²) in [6.45, 7) is 1.60. The van der Waals surface area contributed by atoms with Crippen LogP contribution in [0.3, 0.4) is 0 Å². The molecular weight excluding hydrogens is 302 g/mol. The van der Waals surface area contributed by atoms with Gasteiger partial charge in [0.15, 0.2) is 0 Å². The quantitative estimate of drug-likeness (QED) is 0.525. The van der Waals surface area contributed by atoms with Gasteiger partial charge in [-0.1, -0.05) is 12.1 Å². The zero-order chi connectivity index (χ0) is 16.4. The van der Waals surface area contributed by atoms with Crippen molar-refractivity contribution in [3.63, 3.8) is 0 Å². The number of aromatic nitrogens is 5. The van der Waals surface area contributed by atoms with E-state index in [0.717, 1.165) is 40.9 Å². The normalized spacial score (nSPS) is 11.0. The van der Waals surface area contributed by atoms with Crippen molar-refractivity contribution in [3.05, 3.63) is 55.2 Å². The average Bonchev–Trinajstić information content (AvgIpc) is 3.28. The number of hydrogen-bond donors (Lipinski definition) is 3. The lowest BCUT2D eigenvalue weighted by atomic mass is 10.1. The van der Waals surface area contributed by atoms with E-state index in [1.54, 1.807) is 18.7 Å². The maximum Gasteiger partial charge on any atom is 0.126 e. The van der Waals surface area contributed by atoms with Gasteiger partial charge in [0.2, 0.25) is 0 Å². The van der Waals surface area contributed by atoms with Crippen LogP contribution < -0.4 is 11.1 Å². The second-order valence-electron chi connectivity index (χ2n) is 5.52. The summed E-state index contributed by atoms with van der Waals surface area (Å²) in [6.07, 6.45) is 7.25. The fraction of sp³-hybridized carbons (Fsp3) is 0.118. The van der Waals surface area contributed by atoms with E-state index in [9.17, 15) is 0 Å². The van der Waals surface area contributed by atoms with E-state index in [1.807, 2.05) is 29.0 Å². The summed E-state index contributed by atoms with van der Waals surface area (Å²) < 4.78 is 2.02. The number of pyridine rings is 1. The van der Waals surface area contributed by atoms with Crippen LogP contribution in [0.2, 0.25) is 0 Å². The smallest absolute Gasteiger partial charge is 0.126 e. The number of H-pyrrole nitrogens is 1. The van der Waals surface area contributed by atoms with Crippen molar-refractivity contribution in [2.45, 2.75) is 6.54 Å². The van der Waals surface area contributed by atoms with Crippen LogP contribution in [0.1, 0.15) is 0 Å². The number of nitrogens with two attached hydrogens (primary N) is 1. The highest BCUT2D eigenvalue weighted by atomic mass is 15.1. The van der Waals surface area contributed by atoms with Gasteiger partial charge < -0.3 is 15.6 Å². The molecule has 120 valence electrons. The summed E-state index contributed by atoms with van der Waals surface area (Å²) in [6, 6.07) is 9.91. The molecule has 0 aliphatic carbocycles. The zero-order valence-corrected chi connectivity index (χ0v) is 13.0. The van der Waals surface area contributed by atoms with Gasteiger partial charge in [0, 0.05) is 54.4 Å². The van der Waals surface area contributed by atoms with E-state index in [-0.39, 0.29) is 0 Å². The van der Waals surface area contributed by atoms with Crippen molar-refractivity contribution in [1.29, 1.82) is 0 Å². The molecule has 0 atom stereocenters. The average molecular weight is 319 g/mol. The molecule has 0 radical (unpaired) electrons. The molecule has 0 spiro atoms. The van der Waals surface area contributed by atoms with Gasteiger partial charge in [-0.2, -0.15) is 5.10 Å². The molecule has 3 aromatic heterocycles. The van der Waals surface area contributed by atoms with Gasteiger partial charge in [0.05, 0.1) is 17.5 Å². The first-order valence-electron chi connectivity index (χ1n) is 7.69. The summed E-state index contributed by atoms with van der Waals surface area (Å²) in [5.41, 5.74) is 9.79. The molecule has 0 aliphatic rings. The number of rotatable bonds is 5. The fourth-order valence-corrected chi connectivity index (χ4v) is 2.72. The van der Waals surface area contributed by atoms with Crippen molar-refractivity contribution in [2.24, 2.45) is 0 Å². The van der Waals surface area contributed by atoms with Crippen LogP contribution in [0.25, 0.3) is 22.2 Å². The molecular formula is C17H17N7. The van der Waals surface area contributed by atoms with Crippen LogP contribution in [-0.2, 0) is 6.54 Å². The Bertz CT molecular complexity index is 943. The first-order chi connectivity index (χ1) is 11.8. The Morgan fingerprint density at radius 2 is 2.12 bits per heavy atom. The lowest BCUT2D eigenvalue weighted by Gasteiger charge is -2.12. The molecule has 0 aliphatic heterocycles. The van der Waals surface area contributed by atoms with Crippen LogP contribution >= 0.6 is 0 Å². The predicted molar refractivity (Wildman–Crippen MR) is 94.5 cm³/mol.